The van der Waals surface area contributed by atoms with Gasteiger partial charge < -0.3 is 10.2 Å². The van der Waals surface area contributed by atoms with Gasteiger partial charge in [0.05, 0.1) is 12.3 Å². The molecule has 29 heavy (non-hydrogen) atoms. The number of guanidine groups is 1. The number of hydrogen-bond acceptors (Lipinski definition) is 3. The highest BCUT2D eigenvalue weighted by molar-refractivity contribution is 14.0. The van der Waals surface area contributed by atoms with Crippen LogP contribution in [-0.4, -0.2) is 39.1 Å². The number of aliphatic imine (C=N–C) groups is 1. The Morgan fingerprint density at radius 2 is 1.45 bits per heavy atom. The molecule has 0 aliphatic carbocycles. The summed E-state index contributed by atoms with van der Waals surface area (Å²) in [6.07, 6.45) is 2.29. The fourth-order valence-corrected chi connectivity index (χ4v) is 3.71. The Bertz CT molecular complexity index is 879. The van der Waals surface area contributed by atoms with E-state index in [1.165, 1.54) is 17.4 Å². The minimum atomic E-state index is -3.01. The van der Waals surface area contributed by atoms with E-state index < -0.39 is 9.84 Å². The molecule has 0 unspecified atom stereocenters. The van der Waals surface area contributed by atoms with Crippen molar-refractivity contribution in [3.8, 4) is 0 Å². The Balaban J connectivity index is 0.00000420. The summed E-state index contributed by atoms with van der Waals surface area (Å²) in [5.74, 6) is 0.918. The van der Waals surface area contributed by atoms with Gasteiger partial charge in [-0.25, -0.2) is 13.4 Å². The van der Waals surface area contributed by atoms with Gasteiger partial charge in [0, 0.05) is 26.4 Å². The van der Waals surface area contributed by atoms with Gasteiger partial charge in [-0.05, 0) is 35.6 Å². The normalized spacial score (nSPS) is 11.7. The van der Waals surface area contributed by atoms with Crippen molar-refractivity contribution in [2.75, 3.05) is 19.8 Å². The average molecular weight is 529 g/mol. The van der Waals surface area contributed by atoms with Crippen molar-refractivity contribution in [2.24, 2.45) is 4.99 Å². The smallest absolute Gasteiger partial charge is 0.194 e. The Labute approximate surface area is 192 Å². The van der Waals surface area contributed by atoms with Gasteiger partial charge in [0.1, 0.15) is 0 Å². The molecule has 2 aromatic rings. The predicted molar refractivity (Wildman–Crippen MR) is 133 cm³/mol. The molecule has 0 heterocycles. The van der Waals surface area contributed by atoms with Crippen LogP contribution in [0.5, 0.6) is 0 Å². The molecule has 0 aromatic heterocycles. The predicted octanol–water partition coefficient (Wildman–Crippen LogP) is 4.01. The molecule has 0 fully saturated rings. The topological polar surface area (TPSA) is 61.8 Å². The average Bonchev–Trinajstić information content (AvgIpc) is 2.65. The molecular weight excluding hydrogens is 497 g/mol. The first kappa shape index (κ1) is 25.4. The van der Waals surface area contributed by atoms with Crippen molar-refractivity contribution < 1.29 is 8.42 Å². The van der Waals surface area contributed by atoms with E-state index in [1.54, 1.807) is 0 Å². The zero-order chi connectivity index (χ0) is 20.6. The summed E-state index contributed by atoms with van der Waals surface area (Å²) in [6.45, 7) is 6.33. The summed E-state index contributed by atoms with van der Waals surface area (Å²) in [4.78, 5) is 6.84. The number of halogens is 1. The van der Waals surface area contributed by atoms with E-state index in [2.05, 4.69) is 48.3 Å². The summed E-state index contributed by atoms with van der Waals surface area (Å²) in [5, 5.41) is 3.33. The first-order valence-corrected chi connectivity index (χ1v) is 11.7. The van der Waals surface area contributed by atoms with Crippen LogP contribution in [-0.2, 0) is 35.1 Å². The van der Waals surface area contributed by atoms with Crippen LogP contribution in [0.4, 0.5) is 0 Å². The van der Waals surface area contributed by atoms with E-state index in [4.69, 9.17) is 4.99 Å². The SMILES string of the molecule is CCNC(=NCc1ccc(CS(C)(=O)=O)cc1)N(C)Cc1ccc(CC)cc1.I. The molecule has 2 aromatic carbocycles. The minimum absolute atomic E-state index is 0. The van der Waals surface area contributed by atoms with Crippen molar-refractivity contribution in [1.82, 2.24) is 10.2 Å². The van der Waals surface area contributed by atoms with Crippen LogP contribution in [0.1, 0.15) is 36.1 Å². The quantitative estimate of drug-likeness (QED) is 0.319. The second-order valence-electron chi connectivity index (χ2n) is 7.08. The van der Waals surface area contributed by atoms with Crippen LogP contribution >= 0.6 is 24.0 Å². The molecule has 0 bridgehead atoms. The standard InChI is InChI=1S/C22H31N3O2S.HI/c1-5-18-7-11-20(12-8-18)16-25(3)22(23-6-2)24-15-19-9-13-21(14-10-19)17-28(4,26)27;/h7-14H,5-6,15-17H2,1-4H3,(H,23,24);1H. The second-order valence-corrected chi connectivity index (χ2v) is 9.22. The largest absolute Gasteiger partial charge is 0.357 e. The zero-order valence-corrected chi connectivity index (χ0v) is 20.8. The number of hydrogen-bond donors (Lipinski definition) is 1. The van der Waals surface area contributed by atoms with E-state index in [9.17, 15) is 8.42 Å². The Kier molecular flexibility index (Phi) is 10.7. The maximum atomic E-state index is 11.4. The van der Waals surface area contributed by atoms with E-state index in [-0.39, 0.29) is 29.7 Å². The lowest BCUT2D eigenvalue weighted by molar-refractivity contribution is 0.476. The number of rotatable bonds is 8. The Morgan fingerprint density at radius 3 is 1.97 bits per heavy atom. The van der Waals surface area contributed by atoms with Crippen molar-refractivity contribution in [3.05, 3.63) is 70.8 Å². The van der Waals surface area contributed by atoms with Gasteiger partial charge in [-0.2, -0.15) is 0 Å². The third-order valence-electron chi connectivity index (χ3n) is 4.41. The van der Waals surface area contributed by atoms with Crippen LogP contribution in [0.25, 0.3) is 0 Å². The third kappa shape index (κ3) is 9.16. The lowest BCUT2D eigenvalue weighted by Gasteiger charge is -2.22. The molecule has 7 heteroatoms. The molecule has 0 radical (unpaired) electrons. The molecule has 2 rings (SSSR count). The fraction of sp³-hybridized carbons (Fsp3) is 0.409. The van der Waals surface area contributed by atoms with Gasteiger partial charge in [-0.1, -0.05) is 55.5 Å². The maximum absolute atomic E-state index is 11.4. The molecule has 0 amide bonds. The van der Waals surface area contributed by atoms with Crippen LogP contribution in [0.15, 0.2) is 53.5 Å². The summed E-state index contributed by atoms with van der Waals surface area (Å²) in [7, 11) is -0.981. The van der Waals surface area contributed by atoms with Crippen molar-refractivity contribution in [2.45, 2.75) is 39.1 Å². The van der Waals surface area contributed by atoms with Crippen LogP contribution in [0, 0.1) is 0 Å². The van der Waals surface area contributed by atoms with Gasteiger partial charge >= 0.3 is 0 Å². The summed E-state index contributed by atoms with van der Waals surface area (Å²) >= 11 is 0. The third-order valence-corrected chi connectivity index (χ3v) is 5.27. The number of sulfone groups is 1. The number of nitrogens with one attached hydrogen (secondary N) is 1. The van der Waals surface area contributed by atoms with E-state index in [1.807, 2.05) is 31.3 Å². The molecule has 0 spiro atoms. The van der Waals surface area contributed by atoms with Gasteiger partial charge in [0.15, 0.2) is 15.8 Å². The molecule has 5 nitrogen and oxygen atoms in total. The summed E-state index contributed by atoms with van der Waals surface area (Å²) in [5.41, 5.74) is 4.44. The monoisotopic (exact) mass is 529 g/mol. The Hall–Kier alpha value is -1.61. The molecule has 0 saturated heterocycles. The van der Waals surface area contributed by atoms with Gasteiger partial charge in [0.25, 0.3) is 0 Å². The molecular formula is C22H32IN3O2S. The Morgan fingerprint density at radius 1 is 0.931 bits per heavy atom. The van der Waals surface area contributed by atoms with Crippen LogP contribution in [0.3, 0.4) is 0 Å². The minimum Gasteiger partial charge on any atom is -0.357 e. The number of nitrogens with zero attached hydrogens (tertiary/aromatic N) is 2. The van der Waals surface area contributed by atoms with Crippen molar-refractivity contribution in [3.63, 3.8) is 0 Å². The van der Waals surface area contributed by atoms with Crippen LogP contribution < -0.4 is 5.32 Å². The van der Waals surface area contributed by atoms with Crippen molar-refractivity contribution >= 4 is 39.8 Å². The van der Waals surface area contributed by atoms with E-state index in [0.29, 0.717) is 6.54 Å². The van der Waals surface area contributed by atoms with E-state index >= 15 is 0 Å². The zero-order valence-electron chi connectivity index (χ0n) is 17.7. The number of benzene rings is 2. The van der Waals surface area contributed by atoms with E-state index in [0.717, 1.165) is 36.6 Å². The van der Waals surface area contributed by atoms with Gasteiger partial charge in [-0.15, -0.1) is 24.0 Å². The highest BCUT2D eigenvalue weighted by atomic mass is 127. The summed E-state index contributed by atoms with van der Waals surface area (Å²) < 4.78 is 22.8. The second kappa shape index (κ2) is 12.2. The molecule has 0 aliphatic rings. The van der Waals surface area contributed by atoms with Crippen molar-refractivity contribution in [1.29, 1.82) is 0 Å². The van der Waals surface area contributed by atoms with Gasteiger partial charge in [-0.3, -0.25) is 0 Å². The first-order chi connectivity index (χ1) is 13.3. The lowest BCUT2D eigenvalue weighted by Crippen LogP contribution is -2.38. The number of aryl methyl sites for hydroxylation is 1. The first-order valence-electron chi connectivity index (χ1n) is 9.63. The lowest BCUT2D eigenvalue weighted by atomic mass is 10.1. The highest BCUT2D eigenvalue weighted by Gasteiger charge is 2.07. The summed E-state index contributed by atoms with van der Waals surface area (Å²) in [6, 6.07) is 16.3. The fourth-order valence-electron chi connectivity index (χ4n) is 2.91. The highest BCUT2D eigenvalue weighted by Crippen LogP contribution is 2.10. The molecule has 160 valence electrons. The van der Waals surface area contributed by atoms with Gasteiger partial charge in [0.2, 0.25) is 0 Å². The maximum Gasteiger partial charge on any atom is 0.194 e. The van der Waals surface area contributed by atoms with Crippen LogP contribution in [0.2, 0.25) is 0 Å². The molecule has 0 atom stereocenters. The molecule has 0 aliphatic heterocycles. The molecule has 0 saturated carbocycles. The molecule has 1 N–H and O–H groups in total.